The van der Waals surface area contributed by atoms with Crippen molar-refractivity contribution in [2.45, 2.75) is 52.1 Å². The second-order valence-electron chi connectivity index (χ2n) is 6.66. The van der Waals surface area contributed by atoms with Crippen molar-refractivity contribution in [2.24, 2.45) is 7.05 Å². The number of amides is 1. The molecular formula is C19H24FN3O. The Bertz CT molecular complexity index is 749. The van der Waals surface area contributed by atoms with E-state index in [0.29, 0.717) is 25.4 Å². The Labute approximate surface area is 142 Å². The fraction of sp³-hybridized carbons (Fsp3) is 0.474. The van der Waals surface area contributed by atoms with Crippen LogP contribution in [0.2, 0.25) is 0 Å². The Hall–Kier alpha value is -2.17. The van der Waals surface area contributed by atoms with Crippen LogP contribution in [0.3, 0.4) is 0 Å². The van der Waals surface area contributed by atoms with Gasteiger partial charge in [-0.25, -0.2) is 4.39 Å². The minimum Gasteiger partial charge on any atom is -0.335 e. The quantitative estimate of drug-likeness (QED) is 0.815. The van der Waals surface area contributed by atoms with Gasteiger partial charge >= 0.3 is 0 Å². The van der Waals surface area contributed by atoms with Gasteiger partial charge in [0.1, 0.15) is 5.82 Å². The van der Waals surface area contributed by atoms with Gasteiger partial charge in [0.25, 0.3) is 0 Å². The van der Waals surface area contributed by atoms with E-state index in [4.69, 9.17) is 0 Å². The highest BCUT2D eigenvalue weighted by Crippen LogP contribution is 2.29. The third-order valence-electron chi connectivity index (χ3n) is 4.80. The number of nitrogens with zero attached hydrogens (tertiary/aromatic N) is 3. The lowest BCUT2D eigenvalue weighted by Crippen LogP contribution is -2.32. The number of hydrogen-bond donors (Lipinski definition) is 0. The van der Waals surface area contributed by atoms with Crippen LogP contribution in [-0.4, -0.2) is 26.6 Å². The predicted molar refractivity (Wildman–Crippen MR) is 91.0 cm³/mol. The van der Waals surface area contributed by atoms with Crippen LogP contribution >= 0.6 is 0 Å². The highest BCUT2D eigenvalue weighted by Gasteiger charge is 2.32. The van der Waals surface area contributed by atoms with Crippen molar-refractivity contribution in [1.29, 1.82) is 0 Å². The molecule has 4 nitrogen and oxygen atoms in total. The van der Waals surface area contributed by atoms with Gasteiger partial charge in [0, 0.05) is 31.7 Å². The normalized spacial score (nSPS) is 14.0. The lowest BCUT2D eigenvalue weighted by atomic mass is 10.1. The summed E-state index contributed by atoms with van der Waals surface area (Å²) in [4.78, 5) is 14.6. The van der Waals surface area contributed by atoms with Gasteiger partial charge in [0.2, 0.25) is 5.91 Å². The van der Waals surface area contributed by atoms with E-state index < -0.39 is 0 Å². The van der Waals surface area contributed by atoms with Gasteiger partial charge in [-0.3, -0.25) is 9.48 Å². The summed E-state index contributed by atoms with van der Waals surface area (Å²) in [6.45, 7) is 4.51. The summed E-state index contributed by atoms with van der Waals surface area (Å²) in [5.41, 5.74) is 4.12. The SMILES string of the molecule is Cc1nn(C)c(C)c1CCC(=O)N(Cc1cccc(F)c1)C1CC1. The molecule has 1 aliphatic carbocycles. The molecule has 3 rings (SSSR count). The number of carbonyl (C=O) groups excluding carboxylic acids is 1. The third kappa shape index (κ3) is 3.66. The molecule has 2 aromatic rings. The summed E-state index contributed by atoms with van der Waals surface area (Å²) < 4.78 is 15.2. The van der Waals surface area contributed by atoms with Crippen LogP contribution in [0.15, 0.2) is 24.3 Å². The molecule has 0 bridgehead atoms. The molecular weight excluding hydrogens is 305 g/mol. The standard InChI is InChI=1S/C19H24FN3O/c1-13-18(14(2)22(3)21-13)9-10-19(24)23(17-7-8-17)12-15-5-4-6-16(20)11-15/h4-6,11,17H,7-10,12H2,1-3H3. The number of aromatic nitrogens is 2. The van der Waals surface area contributed by atoms with Crippen LogP contribution in [0.25, 0.3) is 0 Å². The molecule has 0 N–H and O–H groups in total. The molecule has 0 radical (unpaired) electrons. The van der Waals surface area contributed by atoms with Crippen molar-refractivity contribution in [3.8, 4) is 0 Å². The van der Waals surface area contributed by atoms with Crippen molar-refractivity contribution in [3.05, 3.63) is 52.6 Å². The molecule has 1 aromatic heterocycles. The number of halogens is 1. The van der Waals surface area contributed by atoms with E-state index in [1.807, 2.05) is 36.5 Å². The number of aryl methyl sites for hydroxylation is 2. The highest BCUT2D eigenvalue weighted by molar-refractivity contribution is 5.77. The number of carbonyl (C=O) groups is 1. The van der Waals surface area contributed by atoms with Crippen molar-refractivity contribution < 1.29 is 9.18 Å². The Morgan fingerprint density at radius 1 is 1.38 bits per heavy atom. The molecule has 1 saturated carbocycles. The summed E-state index contributed by atoms with van der Waals surface area (Å²) >= 11 is 0. The smallest absolute Gasteiger partial charge is 0.223 e. The second-order valence-corrected chi connectivity index (χ2v) is 6.66. The van der Waals surface area contributed by atoms with Gasteiger partial charge in [-0.05, 0) is 56.4 Å². The lowest BCUT2D eigenvalue weighted by molar-refractivity contribution is -0.132. The second kappa shape index (κ2) is 6.75. The van der Waals surface area contributed by atoms with E-state index in [9.17, 15) is 9.18 Å². The monoisotopic (exact) mass is 329 g/mol. The maximum Gasteiger partial charge on any atom is 0.223 e. The average molecular weight is 329 g/mol. The molecule has 1 heterocycles. The molecule has 0 unspecified atom stereocenters. The van der Waals surface area contributed by atoms with E-state index in [1.165, 1.54) is 12.1 Å². The number of hydrogen-bond acceptors (Lipinski definition) is 2. The number of rotatable bonds is 6. The van der Waals surface area contributed by atoms with E-state index >= 15 is 0 Å². The topological polar surface area (TPSA) is 38.1 Å². The van der Waals surface area contributed by atoms with Gasteiger partial charge in [-0.2, -0.15) is 5.10 Å². The first-order valence-electron chi connectivity index (χ1n) is 8.48. The Balaban J connectivity index is 1.67. The lowest BCUT2D eigenvalue weighted by Gasteiger charge is -2.23. The molecule has 0 aliphatic heterocycles. The van der Waals surface area contributed by atoms with Crippen molar-refractivity contribution >= 4 is 5.91 Å². The van der Waals surface area contributed by atoms with Crippen LogP contribution in [-0.2, 0) is 24.8 Å². The summed E-state index contributed by atoms with van der Waals surface area (Å²) in [6, 6.07) is 6.83. The molecule has 0 spiro atoms. The van der Waals surface area contributed by atoms with Crippen LogP contribution < -0.4 is 0 Å². The van der Waals surface area contributed by atoms with Gasteiger partial charge in [0.15, 0.2) is 0 Å². The van der Waals surface area contributed by atoms with Gasteiger partial charge in [-0.15, -0.1) is 0 Å². The van der Waals surface area contributed by atoms with Crippen molar-refractivity contribution in [2.75, 3.05) is 0 Å². The van der Waals surface area contributed by atoms with Gasteiger partial charge in [-0.1, -0.05) is 12.1 Å². The molecule has 1 aromatic carbocycles. The van der Waals surface area contributed by atoms with E-state index in [1.54, 1.807) is 6.07 Å². The first kappa shape index (κ1) is 16.7. The van der Waals surface area contributed by atoms with E-state index in [0.717, 1.165) is 35.4 Å². The zero-order chi connectivity index (χ0) is 17.3. The zero-order valence-electron chi connectivity index (χ0n) is 14.6. The fourth-order valence-electron chi connectivity index (χ4n) is 3.19. The molecule has 0 atom stereocenters. The van der Waals surface area contributed by atoms with Crippen LogP contribution in [0, 0.1) is 19.7 Å². The first-order chi connectivity index (χ1) is 11.5. The highest BCUT2D eigenvalue weighted by atomic mass is 19.1. The molecule has 24 heavy (non-hydrogen) atoms. The van der Waals surface area contributed by atoms with Crippen LogP contribution in [0.4, 0.5) is 4.39 Å². The summed E-state index contributed by atoms with van der Waals surface area (Å²) in [6.07, 6.45) is 3.27. The minimum atomic E-state index is -0.252. The largest absolute Gasteiger partial charge is 0.335 e. The summed E-state index contributed by atoms with van der Waals surface area (Å²) in [5.74, 6) is -0.110. The van der Waals surface area contributed by atoms with Crippen molar-refractivity contribution in [3.63, 3.8) is 0 Å². The number of benzene rings is 1. The molecule has 1 aliphatic rings. The van der Waals surface area contributed by atoms with Crippen LogP contribution in [0.5, 0.6) is 0 Å². The zero-order valence-corrected chi connectivity index (χ0v) is 14.6. The Morgan fingerprint density at radius 2 is 2.12 bits per heavy atom. The summed E-state index contributed by atoms with van der Waals surface area (Å²) in [7, 11) is 1.92. The van der Waals surface area contributed by atoms with Crippen LogP contribution in [0.1, 0.15) is 41.8 Å². The Morgan fingerprint density at radius 3 is 2.71 bits per heavy atom. The van der Waals surface area contributed by atoms with E-state index in [-0.39, 0.29) is 11.7 Å². The van der Waals surface area contributed by atoms with Crippen molar-refractivity contribution in [1.82, 2.24) is 14.7 Å². The molecule has 1 fully saturated rings. The Kier molecular flexibility index (Phi) is 4.69. The minimum absolute atomic E-state index is 0.143. The maximum atomic E-state index is 13.4. The first-order valence-corrected chi connectivity index (χ1v) is 8.48. The summed E-state index contributed by atoms with van der Waals surface area (Å²) in [5, 5.41) is 4.41. The molecule has 0 saturated heterocycles. The fourth-order valence-corrected chi connectivity index (χ4v) is 3.19. The van der Waals surface area contributed by atoms with Gasteiger partial charge in [0.05, 0.1) is 5.69 Å². The molecule has 1 amide bonds. The molecule has 5 heteroatoms. The van der Waals surface area contributed by atoms with Gasteiger partial charge < -0.3 is 4.90 Å². The maximum absolute atomic E-state index is 13.4. The third-order valence-corrected chi connectivity index (χ3v) is 4.80. The van der Waals surface area contributed by atoms with E-state index in [2.05, 4.69) is 5.10 Å². The molecule has 128 valence electrons. The average Bonchev–Trinajstić information content (AvgIpc) is 3.33. The predicted octanol–water partition coefficient (Wildman–Crippen LogP) is 3.30.